The van der Waals surface area contributed by atoms with Crippen molar-refractivity contribution in [3.8, 4) is 0 Å². The predicted octanol–water partition coefficient (Wildman–Crippen LogP) is 3.82. The van der Waals surface area contributed by atoms with Gasteiger partial charge < -0.3 is 5.32 Å². The lowest BCUT2D eigenvalue weighted by Crippen LogP contribution is -2.49. The highest BCUT2D eigenvalue weighted by molar-refractivity contribution is 7.92. The van der Waals surface area contributed by atoms with Gasteiger partial charge in [0.15, 0.2) is 9.84 Å². The van der Waals surface area contributed by atoms with Gasteiger partial charge in [0.05, 0.1) is 32.9 Å². The molecule has 2 aromatic rings. The first-order valence-corrected chi connectivity index (χ1v) is 13.8. The minimum Gasteiger partial charge on any atom is -0.348 e. The number of amides is 1. The largest absolute Gasteiger partial charge is 0.348 e. The molecule has 0 aliphatic carbocycles. The lowest BCUT2D eigenvalue weighted by atomic mass is 10.1. The summed E-state index contributed by atoms with van der Waals surface area (Å²) in [6, 6.07) is 8.98. The van der Waals surface area contributed by atoms with Gasteiger partial charge in [-0.15, -0.1) is 0 Å². The van der Waals surface area contributed by atoms with Gasteiger partial charge in [-0.2, -0.15) is 0 Å². The Morgan fingerprint density at radius 2 is 1.58 bits per heavy atom. The summed E-state index contributed by atoms with van der Waals surface area (Å²) >= 11 is 12.0. The molecule has 0 unspecified atom stereocenters. The van der Waals surface area contributed by atoms with E-state index in [0.29, 0.717) is 5.56 Å². The number of rotatable bonds is 8. The minimum absolute atomic E-state index is 0.169. The zero-order valence-corrected chi connectivity index (χ0v) is 20.6. The first-order valence-electron chi connectivity index (χ1n) is 9.30. The molecule has 0 aliphatic heterocycles. The maximum atomic E-state index is 13.0. The topological polar surface area (TPSA) is 101 Å². The summed E-state index contributed by atoms with van der Waals surface area (Å²) in [5.74, 6) is -0.501. The van der Waals surface area contributed by atoms with Crippen molar-refractivity contribution in [1.29, 1.82) is 0 Å². The Hall–Kier alpha value is -1.81. The first-order chi connectivity index (χ1) is 14.3. The SMILES string of the molecule is CC[C@H](C(=O)N[C@H](C)c1ccc(S(C)(=O)=O)cc1)N(c1ccc(Cl)c(Cl)c1)S(C)(=O)=O. The van der Waals surface area contributed by atoms with Gasteiger partial charge in [-0.05, 0) is 49.2 Å². The summed E-state index contributed by atoms with van der Waals surface area (Å²) in [4.78, 5) is 13.2. The Kier molecular flexibility index (Phi) is 8.02. The fourth-order valence-electron chi connectivity index (χ4n) is 3.08. The Labute approximate surface area is 193 Å². The number of halogens is 2. The van der Waals surface area contributed by atoms with E-state index in [4.69, 9.17) is 23.2 Å². The fourth-order valence-corrected chi connectivity index (χ4v) is 5.21. The van der Waals surface area contributed by atoms with Gasteiger partial charge in [0.25, 0.3) is 0 Å². The molecule has 0 saturated carbocycles. The third kappa shape index (κ3) is 6.35. The predicted molar refractivity (Wildman–Crippen MR) is 124 cm³/mol. The van der Waals surface area contributed by atoms with Gasteiger partial charge >= 0.3 is 0 Å². The van der Waals surface area contributed by atoms with Crippen molar-refractivity contribution in [2.24, 2.45) is 0 Å². The summed E-state index contributed by atoms with van der Waals surface area (Å²) < 4.78 is 49.3. The Morgan fingerprint density at radius 3 is 2.03 bits per heavy atom. The van der Waals surface area contributed by atoms with Crippen molar-refractivity contribution in [3.63, 3.8) is 0 Å². The average molecular weight is 507 g/mol. The highest BCUT2D eigenvalue weighted by Gasteiger charge is 2.32. The summed E-state index contributed by atoms with van der Waals surface area (Å²) in [6.45, 7) is 3.43. The van der Waals surface area contributed by atoms with Crippen LogP contribution in [-0.4, -0.2) is 41.3 Å². The van der Waals surface area contributed by atoms with Gasteiger partial charge in [0.1, 0.15) is 6.04 Å². The molecule has 2 rings (SSSR count). The number of sulfone groups is 1. The summed E-state index contributed by atoms with van der Waals surface area (Å²) in [7, 11) is -7.15. The van der Waals surface area contributed by atoms with E-state index in [1.807, 2.05) is 0 Å². The van der Waals surface area contributed by atoms with Crippen LogP contribution in [0, 0.1) is 0 Å². The molecule has 7 nitrogen and oxygen atoms in total. The van der Waals surface area contributed by atoms with Crippen molar-refractivity contribution >= 4 is 54.7 Å². The van der Waals surface area contributed by atoms with Gasteiger partial charge in [0.2, 0.25) is 15.9 Å². The molecule has 2 aromatic carbocycles. The van der Waals surface area contributed by atoms with E-state index in [1.165, 1.54) is 30.3 Å². The van der Waals surface area contributed by atoms with Gasteiger partial charge in [-0.3, -0.25) is 9.10 Å². The number of carbonyl (C=O) groups is 1. The maximum Gasteiger partial charge on any atom is 0.244 e. The zero-order valence-electron chi connectivity index (χ0n) is 17.5. The van der Waals surface area contributed by atoms with Crippen LogP contribution in [0.15, 0.2) is 47.4 Å². The van der Waals surface area contributed by atoms with E-state index in [9.17, 15) is 21.6 Å². The molecular formula is C20H24Cl2N2O5S2. The van der Waals surface area contributed by atoms with Crippen LogP contribution < -0.4 is 9.62 Å². The van der Waals surface area contributed by atoms with Crippen LogP contribution in [0.2, 0.25) is 10.0 Å². The molecule has 11 heteroatoms. The number of sulfonamides is 1. The van der Waals surface area contributed by atoms with Crippen LogP contribution in [0.1, 0.15) is 31.9 Å². The van der Waals surface area contributed by atoms with Crippen molar-refractivity contribution in [3.05, 3.63) is 58.1 Å². The summed E-state index contributed by atoms with van der Waals surface area (Å²) in [6.07, 6.45) is 2.33. The summed E-state index contributed by atoms with van der Waals surface area (Å²) in [5.41, 5.74) is 0.903. The minimum atomic E-state index is -3.82. The number of anilines is 1. The van der Waals surface area contributed by atoms with Gasteiger partial charge in [-0.25, -0.2) is 16.8 Å². The second kappa shape index (κ2) is 9.77. The number of hydrogen-bond acceptors (Lipinski definition) is 5. The molecule has 31 heavy (non-hydrogen) atoms. The normalized spacial score (nSPS) is 14.0. The second-order valence-corrected chi connectivity index (χ2v) is 11.8. The zero-order chi connectivity index (χ0) is 23.6. The number of nitrogens with one attached hydrogen (secondary N) is 1. The van der Waals surface area contributed by atoms with Crippen LogP contribution in [0.25, 0.3) is 0 Å². The third-order valence-corrected chi connectivity index (χ3v) is 7.70. The molecule has 0 heterocycles. The number of hydrogen-bond donors (Lipinski definition) is 1. The van der Waals surface area contributed by atoms with Crippen LogP contribution in [-0.2, 0) is 24.7 Å². The molecule has 0 fully saturated rings. The fraction of sp³-hybridized carbons (Fsp3) is 0.350. The average Bonchev–Trinajstić information content (AvgIpc) is 2.66. The third-order valence-electron chi connectivity index (χ3n) is 4.65. The monoisotopic (exact) mass is 506 g/mol. The first kappa shape index (κ1) is 25.5. The molecule has 0 spiro atoms. The lowest BCUT2D eigenvalue weighted by molar-refractivity contribution is -0.122. The maximum absolute atomic E-state index is 13.0. The standard InChI is InChI=1S/C20H24Cl2N2O5S2/c1-5-19(24(31(4,28)29)15-8-11-17(21)18(22)12-15)20(25)23-13(2)14-6-9-16(10-7-14)30(3,26)27/h6-13,19H,5H2,1-4H3,(H,23,25)/t13-,19-/m1/s1. The van der Waals surface area contributed by atoms with Crippen LogP contribution in [0.5, 0.6) is 0 Å². The second-order valence-electron chi connectivity index (χ2n) is 7.15. The van der Waals surface area contributed by atoms with Crippen molar-refractivity contribution in [1.82, 2.24) is 5.32 Å². The molecule has 0 bridgehead atoms. The molecular weight excluding hydrogens is 483 g/mol. The molecule has 0 saturated heterocycles. The molecule has 1 N–H and O–H groups in total. The Balaban J connectivity index is 2.32. The number of benzene rings is 2. The van der Waals surface area contributed by atoms with Crippen molar-refractivity contribution in [2.75, 3.05) is 16.8 Å². The molecule has 2 atom stereocenters. The van der Waals surface area contributed by atoms with E-state index in [2.05, 4.69) is 5.32 Å². The Morgan fingerprint density at radius 1 is 1.00 bits per heavy atom. The molecule has 0 aliphatic rings. The highest BCUT2D eigenvalue weighted by Crippen LogP contribution is 2.30. The van der Waals surface area contributed by atoms with E-state index in [1.54, 1.807) is 26.0 Å². The van der Waals surface area contributed by atoms with Gasteiger partial charge in [-0.1, -0.05) is 42.3 Å². The smallest absolute Gasteiger partial charge is 0.244 e. The molecule has 170 valence electrons. The summed E-state index contributed by atoms with van der Waals surface area (Å²) in [5, 5.41) is 3.24. The number of nitrogens with zero attached hydrogens (tertiary/aromatic N) is 1. The quantitative estimate of drug-likeness (QED) is 0.586. The van der Waals surface area contributed by atoms with E-state index >= 15 is 0 Å². The van der Waals surface area contributed by atoms with Crippen LogP contribution in [0.3, 0.4) is 0 Å². The van der Waals surface area contributed by atoms with Crippen molar-refractivity contribution in [2.45, 2.75) is 37.2 Å². The molecule has 0 aromatic heterocycles. The van der Waals surface area contributed by atoms with Crippen molar-refractivity contribution < 1.29 is 21.6 Å². The van der Waals surface area contributed by atoms with E-state index < -0.39 is 37.9 Å². The highest BCUT2D eigenvalue weighted by atomic mass is 35.5. The molecule has 1 amide bonds. The van der Waals surface area contributed by atoms with Crippen LogP contribution >= 0.6 is 23.2 Å². The number of carbonyl (C=O) groups excluding carboxylic acids is 1. The lowest BCUT2D eigenvalue weighted by Gasteiger charge is -2.31. The van der Waals surface area contributed by atoms with Crippen LogP contribution in [0.4, 0.5) is 5.69 Å². The van der Waals surface area contributed by atoms with Gasteiger partial charge in [0, 0.05) is 6.26 Å². The molecule has 0 radical (unpaired) electrons. The Bertz CT molecular complexity index is 1170. The van der Waals surface area contributed by atoms with E-state index in [0.717, 1.165) is 16.8 Å². The van der Waals surface area contributed by atoms with E-state index in [-0.39, 0.29) is 27.0 Å².